The van der Waals surface area contributed by atoms with Crippen LogP contribution in [0.2, 0.25) is 0 Å². The molecule has 2 heterocycles. The lowest BCUT2D eigenvalue weighted by molar-refractivity contribution is 0.0139. The maximum Gasteiger partial charge on any atom is 0.144 e. The maximum atomic E-state index is 12.2. The van der Waals surface area contributed by atoms with Crippen molar-refractivity contribution >= 4 is 33.5 Å². The highest BCUT2D eigenvalue weighted by atomic mass is 79.9. The van der Waals surface area contributed by atoms with Gasteiger partial charge in [0, 0.05) is 28.6 Å². The van der Waals surface area contributed by atoms with Gasteiger partial charge in [0.15, 0.2) is 0 Å². The number of nitrogens with zero attached hydrogens (tertiary/aromatic N) is 2. The molecule has 0 amide bonds. The summed E-state index contributed by atoms with van der Waals surface area (Å²) < 4.78 is 23.2. The summed E-state index contributed by atoms with van der Waals surface area (Å²) in [5, 5.41) is 0. The summed E-state index contributed by atoms with van der Waals surface area (Å²) in [4.78, 5) is 2.43. The van der Waals surface area contributed by atoms with Crippen molar-refractivity contribution in [3.63, 3.8) is 0 Å². The number of hydrogen-bond acceptors (Lipinski definition) is 4. The number of hydrogen-bond donors (Lipinski definition) is 0. The van der Waals surface area contributed by atoms with Gasteiger partial charge >= 0.3 is 0 Å². The van der Waals surface area contributed by atoms with Gasteiger partial charge in [-0.05, 0) is 32.4 Å². The Morgan fingerprint density at radius 2 is 2.23 bits per heavy atom. The van der Waals surface area contributed by atoms with E-state index in [1.165, 1.54) is 15.8 Å². The molecule has 3 unspecified atom stereocenters. The van der Waals surface area contributed by atoms with E-state index >= 15 is 0 Å². The summed E-state index contributed by atoms with van der Waals surface area (Å²) >= 11 is 2.46. The van der Waals surface area contributed by atoms with Gasteiger partial charge in [-0.1, -0.05) is 27.3 Å². The Hall–Kier alpha value is -0.300. The van der Waals surface area contributed by atoms with Gasteiger partial charge in [-0.25, -0.2) is 0 Å². The Bertz CT molecular complexity index is 553. The predicted octanol–water partition coefficient (Wildman–Crippen LogP) is 3.03. The van der Waals surface area contributed by atoms with Crippen LogP contribution in [-0.2, 0) is 16.1 Å². The fourth-order valence-electron chi connectivity index (χ4n) is 3.30. The summed E-state index contributed by atoms with van der Waals surface area (Å²) in [6.07, 6.45) is 4.14. The molecule has 3 rings (SSSR count). The lowest BCUT2D eigenvalue weighted by Crippen LogP contribution is -2.45. The number of fused-ring (bicyclic) bond motifs is 2. The van der Waals surface area contributed by atoms with Crippen LogP contribution in [0.25, 0.3) is 0 Å². The second-order valence-electron chi connectivity index (χ2n) is 7.07. The first-order valence-electron chi connectivity index (χ1n) is 7.72. The van der Waals surface area contributed by atoms with Crippen LogP contribution in [0.1, 0.15) is 27.7 Å². The minimum atomic E-state index is -1.21. The molecule has 0 spiro atoms. The van der Waals surface area contributed by atoms with Gasteiger partial charge in [0.25, 0.3) is 0 Å². The molecule has 0 aromatic heterocycles. The number of halogens is 1. The largest absolute Gasteiger partial charge is 0.591 e. The van der Waals surface area contributed by atoms with Gasteiger partial charge in [0.05, 0.1) is 25.5 Å². The number of rotatable bonds is 2. The average Bonchev–Trinajstić information content (AvgIpc) is 2.91. The molecule has 1 aliphatic carbocycles. The van der Waals surface area contributed by atoms with Crippen LogP contribution in [0, 0.1) is 11.8 Å². The molecule has 4 atom stereocenters. The van der Waals surface area contributed by atoms with Crippen molar-refractivity contribution in [2.24, 2.45) is 16.2 Å². The van der Waals surface area contributed by atoms with Crippen LogP contribution in [0.5, 0.6) is 0 Å². The third-order valence-corrected chi connectivity index (χ3v) is 6.82. The quantitative estimate of drug-likeness (QED) is 0.541. The Labute approximate surface area is 144 Å². The molecule has 22 heavy (non-hydrogen) atoms. The molecule has 0 N–H and O–H groups in total. The molecule has 2 aliphatic heterocycles. The molecule has 0 aromatic carbocycles. The average molecular weight is 387 g/mol. The summed E-state index contributed by atoms with van der Waals surface area (Å²) in [5.74, 6) is 0.544. The Morgan fingerprint density at radius 3 is 2.91 bits per heavy atom. The first-order valence-corrected chi connectivity index (χ1v) is 9.62. The van der Waals surface area contributed by atoms with E-state index in [1.54, 1.807) is 0 Å². The van der Waals surface area contributed by atoms with E-state index in [4.69, 9.17) is 4.74 Å². The third kappa shape index (κ3) is 2.79. The summed E-state index contributed by atoms with van der Waals surface area (Å²) in [6, 6.07) is 0.291. The van der Waals surface area contributed by atoms with Crippen LogP contribution in [-0.4, -0.2) is 46.2 Å². The Morgan fingerprint density at radius 1 is 1.50 bits per heavy atom. The van der Waals surface area contributed by atoms with Gasteiger partial charge in [-0.2, -0.15) is 0 Å². The highest BCUT2D eigenvalue weighted by Crippen LogP contribution is 2.47. The van der Waals surface area contributed by atoms with Crippen molar-refractivity contribution in [2.45, 2.75) is 38.5 Å². The summed E-state index contributed by atoms with van der Waals surface area (Å²) in [6.45, 7) is 10.5. The zero-order valence-electron chi connectivity index (χ0n) is 13.5. The molecule has 0 saturated carbocycles. The molecule has 0 radical (unpaired) electrons. The fourth-order valence-corrected chi connectivity index (χ4v) is 4.32. The minimum Gasteiger partial charge on any atom is -0.591 e. The van der Waals surface area contributed by atoms with Crippen molar-refractivity contribution in [3.8, 4) is 0 Å². The van der Waals surface area contributed by atoms with Crippen molar-refractivity contribution in [2.75, 3.05) is 19.8 Å². The van der Waals surface area contributed by atoms with E-state index in [-0.39, 0.29) is 10.7 Å². The van der Waals surface area contributed by atoms with E-state index in [0.29, 0.717) is 18.6 Å². The molecular formula is C16H23BrN2O2S. The van der Waals surface area contributed by atoms with E-state index in [1.807, 2.05) is 27.0 Å². The van der Waals surface area contributed by atoms with Crippen molar-refractivity contribution < 1.29 is 9.29 Å². The highest BCUT2D eigenvalue weighted by molar-refractivity contribution is 9.11. The van der Waals surface area contributed by atoms with Crippen molar-refractivity contribution in [1.82, 2.24) is 4.90 Å². The summed E-state index contributed by atoms with van der Waals surface area (Å²) in [7, 11) is 0. The lowest BCUT2D eigenvalue weighted by atomic mass is 9.89. The third-order valence-electron chi connectivity index (χ3n) is 4.54. The number of allylic oxidation sites excluding steroid dienone is 2. The SMILES string of the molecule is C[C@@H]1C(Br)=CC2=C1C(C=N[S+]([O-])C(C)(C)C)C1COCCN21. The highest BCUT2D eigenvalue weighted by Gasteiger charge is 2.45. The maximum absolute atomic E-state index is 12.2. The van der Waals surface area contributed by atoms with Gasteiger partial charge in [-0.3, -0.25) is 0 Å². The van der Waals surface area contributed by atoms with Crippen LogP contribution >= 0.6 is 15.9 Å². The molecule has 122 valence electrons. The summed E-state index contributed by atoms with van der Waals surface area (Å²) in [5.41, 5.74) is 2.70. The van der Waals surface area contributed by atoms with E-state index in [2.05, 4.69) is 38.2 Å². The normalized spacial score (nSPS) is 33.3. The van der Waals surface area contributed by atoms with Crippen LogP contribution in [0.15, 0.2) is 26.2 Å². The van der Waals surface area contributed by atoms with Gasteiger partial charge in [0.1, 0.15) is 16.1 Å². The molecule has 1 fully saturated rings. The van der Waals surface area contributed by atoms with Crippen LogP contribution < -0.4 is 0 Å². The van der Waals surface area contributed by atoms with E-state index in [0.717, 1.165) is 13.2 Å². The Kier molecular flexibility index (Phi) is 4.49. The lowest BCUT2D eigenvalue weighted by Gasteiger charge is -2.35. The first-order chi connectivity index (χ1) is 10.3. The molecule has 1 saturated heterocycles. The van der Waals surface area contributed by atoms with E-state index in [9.17, 15) is 4.55 Å². The molecular weight excluding hydrogens is 364 g/mol. The minimum absolute atomic E-state index is 0.183. The van der Waals surface area contributed by atoms with Crippen molar-refractivity contribution in [3.05, 3.63) is 21.8 Å². The first kappa shape index (κ1) is 16.6. The topological polar surface area (TPSA) is 47.9 Å². The second kappa shape index (κ2) is 5.96. The standard InChI is InChI=1S/C16H23BrN2O2S/c1-10-12(17)7-13-15(10)11(8-18-22(20)16(2,3)4)14-9-21-6-5-19(13)14/h7-8,10-11,14H,5-6,9H2,1-4H3/t10-,11?,14?,22?/m1/s1. The number of morpholine rings is 1. The van der Waals surface area contributed by atoms with Crippen LogP contribution in [0.3, 0.4) is 0 Å². The molecule has 4 nitrogen and oxygen atoms in total. The molecule has 0 bridgehead atoms. The molecule has 0 aromatic rings. The van der Waals surface area contributed by atoms with E-state index < -0.39 is 11.4 Å². The second-order valence-corrected chi connectivity index (χ2v) is 9.92. The number of ether oxygens (including phenoxy) is 1. The molecule has 6 heteroatoms. The smallest absolute Gasteiger partial charge is 0.144 e. The monoisotopic (exact) mass is 386 g/mol. The zero-order chi connectivity index (χ0) is 16.1. The predicted molar refractivity (Wildman–Crippen MR) is 94.4 cm³/mol. The van der Waals surface area contributed by atoms with Gasteiger partial charge in [-0.15, -0.1) is 0 Å². The Balaban J connectivity index is 1.88. The fraction of sp³-hybridized carbons (Fsp3) is 0.688. The molecule has 3 aliphatic rings. The zero-order valence-corrected chi connectivity index (χ0v) is 15.9. The van der Waals surface area contributed by atoms with Crippen LogP contribution in [0.4, 0.5) is 0 Å². The van der Waals surface area contributed by atoms with Crippen molar-refractivity contribution in [1.29, 1.82) is 0 Å². The van der Waals surface area contributed by atoms with Gasteiger partial charge in [0.2, 0.25) is 0 Å². The van der Waals surface area contributed by atoms with Gasteiger partial charge < -0.3 is 14.2 Å².